The van der Waals surface area contributed by atoms with Gasteiger partial charge in [-0.2, -0.15) is 5.10 Å². The number of likely N-dealkylation sites (tertiary alicyclic amines) is 1. The fourth-order valence-electron chi connectivity index (χ4n) is 4.23. The van der Waals surface area contributed by atoms with Crippen LogP contribution in [0.2, 0.25) is 0 Å². The van der Waals surface area contributed by atoms with E-state index in [9.17, 15) is 9.59 Å². The summed E-state index contributed by atoms with van der Waals surface area (Å²) in [6, 6.07) is 3.79. The molecule has 10 nitrogen and oxygen atoms in total. The lowest BCUT2D eigenvalue weighted by atomic mass is 9.93. The summed E-state index contributed by atoms with van der Waals surface area (Å²) in [5, 5.41) is 10.4. The van der Waals surface area contributed by atoms with Crippen LogP contribution in [-0.4, -0.2) is 54.5 Å². The lowest BCUT2D eigenvalue weighted by molar-refractivity contribution is 0.0772. The summed E-state index contributed by atoms with van der Waals surface area (Å²) in [7, 11) is 1.73. The maximum Gasteiger partial charge on any atom is 0.276 e. The predicted octanol–water partition coefficient (Wildman–Crippen LogP) is 3.35. The van der Waals surface area contributed by atoms with E-state index in [4.69, 9.17) is 0 Å². The van der Waals surface area contributed by atoms with Crippen molar-refractivity contribution in [2.24, 2.45) is 12.5 Å². The van der Waals surface area contributed by atoms with Crippen LogP contribution in [0.25, 0.3) is 0 Å². The van der Waals surface area contributed by atoms with Crippen molar-refractivity contribution >= 4 is 28.9 Å². The highest BCUT2D eigenvalue weighted by atomic mass is 16.2. The van der Waals surface area contributed by atoms with E-state index in [-0.39, 0.29) is 22.7 Å². The van der Waals surface area contributed by atoms with Crippen LogP contribution in [0.1, 0.15) is 65.7 Å². The number of carbonyl (C=O) groups is 2. The topological polar surface area (TPSA) is 118 Å². The van der Waals surface area contributed by atoms with Gasteiger partial charge in [-0.05, 0) is 36.8 Å². The van der Waals surface area contributed by atoms with E-state index >= 15 is 0 Å². The van der Waals surface area contributed by atoms with Gasteiger partial charge >= 0.3 is 0 Å². The van der Waals surface area contributed by atoms with Crippen molar-refractivity contribution in [1.29, 1.82) is 0 Å². The van der Waals surface area contributed by atoms with Crippen molar-refractivity contribution in [2.45, 2.75) is 39.0 Å². The SMILES string of the molecule is Cn1cc(NC(=O)c2nc(C3CC3)ccc2Nc2cncnc2)c(C(=O)N2CCC(C)(C)C2)n1. The fourth-order valence-corrected chi connectivity index (χ4v) is 4.23. The number of aryl methyl sites for hydroxylation is 1. The minimum Gasteiger partial charge on any atom is -0.351 e. The molecular formula is C24H28N8O2. The summed E-state index contributed by atoms with van der Waals surface area (Å²) in [6.07, 6.45) is 9.41. The first kappa shape index (κ1) is 22.0. The molecule has 1 saturated heterocycles. The van der Waals surface area contributed by atoms with Crippen LogP contribution in [0.5, 0.6) is 0 Å². The molecule has 3 aromatic heterocycles. The van der Waals surface area contributed by atoms with Crippen LogP contribution < -0.4 is 10.6 Å². The molecule has 3 aromatic rings. The summed E-state index contributed by atoms with van der Waals surface area (Å²) in [5.41, 5.74) is 3.00. The Labute approximate surface area is 197 Å². The highest BCUT2D eigenvalue weighted by Gasteiger charge is 2.35. The van der Waals surface area contributed by atoms with Crippen LogP contribution in [0.4, 0.5) is 17.1 Å². The van der Waals surface area contributed by atoms with E-state index in [1.807, 2.05) is 12.1 Å². The minimum atomic E-state index is -0.411. The van der Waals surface area contributed by atoms with E-state index in [0.29, 0.717) is 36.1 Å². The zero-order valence-corrected chi connectivity index (χ0v) is 19.6. The molecule has 0 aromatic carbocycles. The number of pyridine rings is 1. The number of hydrogen-bond donors (Lipinski definition) is 2. The van der Waals surface area contributed by atoms with E-state index < -0.39 is 5.91 Å². The maximum atomic E-state index is 13.4. The zero-order valence-electron chi connectivity index (χ0n) is 19.6. The number of amides is 2. The first-order valence-corrected chi connectivity index (χ1v) is 11.5. The zero-order chi connectivity index (χ0) is 23.9. The average molecular weight is 461 g/mol. The molecule has 4 heterocycles. The van der Waals surface area contributed by atoms with Crippen molar-refractivity contribution in [3.05, 3.63) is 54.1 Å². The molecule has 2 fully saturated rings. The van der Waals surface area contributed by atoms with Gasteiger partial charge in [-0.15, -0.1) is 0 Å². The van der Waals surface area contributed by atoms with Crippen molar-refractivity contribution < 1.29 is 9.59 Å². The van der Waals surface area contributed by atoms with Crippen LogP contribution in [-0.2, 0) is 7.05 Å². The number of carbonyl (C=O) groups excluding carboxylic acids is 2. The Kier molecular flexibility index (Phi) is 5.51. The number of anilines is 3. The van der Waals surface area contributed by atoms with Gasteiger partial charge in [0.1, 0.15) is 6.33 Å². The second-order valence-corrected chi connectivity index (χ2v) is 9.82. The average Bonchev–Trinajstić information content (AvgIpc) is 3.51. The largest absolute Gasteiger partial charge is 0.351 e. The number of hydrogen-bond acceptors (Lipinski definition) is 7. The Hall–Kier alpha value is -3.82. The number of rotatable bonds is 6. The van der Waals surface area contributed by atoms with Gasteiger partial charge in [0.15, 0.2) is 11.4 Å². The van der Waals surface area contributed by atoms with E-state index in [1.165, 1.54) is 6.33 Å². The van der Waals surface area contributed by atoms with Gasteiger partial charge in [-0.25, -0.2) is 15.0 Å². The standard InChI is InChI=1S/C24H28N8O2/c1-24(2)8-9-32(13-24)23(34)21-19(12-31(3)30-21)29-22(33)20-18(27-16-10-25-14-26-11-16)7-6-17(28-20)15-4-5-15/h6-7,10-12,14-15,27H,4-5,8-9,13H2,1-3H3,(H,29,33). The molecule has 5 rings (SSSR count). The van der Waals surface area contributed by atoms with Gasteiger partial charge in [0.25, 0.3) is 11.8 Å². The van der Waals surface area contributed by atoms with Crippen molar-refractivity contribution in [3.63, 3.8) is 0 Å². The third kappa shape index (κ3) is 4.61. The summed E-state index contributed by atoms with van der Waals surface area (Å²) >= 11 is 0. The lowest BCUT2D eigenvalue weighted by Gasteiger charge is -2.19. The highest BCUT2D eigenvalue weighted by molar-refractivity contribution is 6.10. The number of aromatic nitrogens is 5. The Morgan fingerprint density at radius 1 is 1.09 bits per heavy atom. The summed E-state index contributed by atoms with van der Waals surface area (Å²) < 4.78 is 1.54. The van der Waals surface area contributed by atoms with E-state index in [2.05, 4.69) is 44.5 Å². The molecule has 0 unspecified atom stereocenters. The molecule has 176 valence electrons. The molecule has 34 heavy (non-hydrogen) atoms. The molecule has 0 spiro atoms. The number of nitrogens with zero attached hydrogens (tertiary/aromatic N) is 6. The van der Waals surface area contributed by atoms with Crippen LogP contribution in [0.3, 0.4) is 0 Å². The molecule has 2 amide bonds. The molecule has 1 aliphatic carbocycles. The molecule has 0 radical (unpaired) electrons. The molecular weight excluding hydrogens is 432 g/mol. The second-order valence-electron chi connectivity index (χ2n) is 9.82. The van der Waals surface area contributed by atoms with Gasteiger partial charge in [-0.3, -0.25) is 14.3 Å². The van der Waals surface area contributed by atoms with E-state index in [0.717, 1.165) is 25.0 Å². The minimum absolute atomic E-state index is 0.0722. The molecule has 0 atom stereocenters. The Balaban J connectivity index is 1.42. The summed E-state index contributed by atoms with van der Waals surface area (Å²) in [6.45, 7) is 5.63. The first-order valence-electron chi connectivity index (χ1n) is 11.5. The molecule has 1 aliphatic heterocycles. The van der Waals surface area contributed by atoms with Crippen LogP contribution in [0, 0.1) is 5.41 Å². The van der Waals surface area contributed by atoms with Gasteiger partial charge in [0.05, 0.1) is 29.5 Å². The lowest BCUT2D eigenvalue weighted by Crippen LogP contribution is -2.31. The van der Waals surface area contributed by atoms with E-state index in [1.54, 1.807) is 35.2 Å². The normalized spacial score (nSPS) is 17.0. The molecule has 0 bridgehead atoms. The Morgan fingerprint density at radius 2 is 1.85 bits per heavy atom. The third-order valence-electron chi connectivity index (χ3n) is 6.21. The molecule has 10 heteroatoms. The van der Waals surface area contributed by atoms with Crippen molar-refractivity contribution in [1.82, 2.24) is 29.6 Å². The highest BCUT2D eigenvalue weighted by Crippen LogP contribution is 2.40. The van der Waals surface area contributed by atoms with Crippen LogP contribution >= 0.6 is 0 Å². The molecule has 2 N–H and O–H groups in total. The quantitative estimate of drug-likeness (QED) is 0.579. The molecule has 2 aliphatic rings. The fraction of sp³-hybridized carbons (Fsp3) is 0.417. The molecule has 1 saturated carbocycles. The van der Waals surface area contributed by atoms with Gasteiger partial charge < -0.3 is 15.5 Å². The van der Waals surface area contributed by atoms with Gasteiger partial charge in [0.2, 0.25) is 0 Å². The smallest absolute Gasteiger partial charge is 0.276 e. The maximum absolute atomic E-state index is 13.4. The Bertz CT molecular complexity index is 1230. The monoisotopic (exact) mass is 460 g/mol. The third-order valence-corrected chi connectivity index (χ3v) is 6.21. The predicted molar refractivity (Wildman–Crippen MR) is 127 cm³/mol. The van der Waals surface area contributed by atoms with Crippen molar-refractivity contribution in [3.8, 4) is 0 Å². The number of nitrogens with one attached hydrogen (secondary N) is 2. The summed E-state index contributed by atoms with van der Waals surface area (Å²) in [4.78, 5) is 41.1. The summed E-state index contributed by atoms with van der Waals surface area (Å²) in [5.74, 6) is -0.207. The van der Waals surface area contributed by atoms with Crippen molar-refractivity contribution in [2.75, 3.05) is 23.7 Å². The van der Waals surface area contributed by atoms with Crippen LogP contribution in [0.15, 0.2) is 37.1 Å². The first-order chi connectivity index (χ1) is 16.3. The van der Waals surface area contributed by atoms with Gasteiger partial charge in [-0.1, -0.05) is 13.8 Å². The second kappa shape index (κ2) is 8.51. The Morgan fingerprint density at radius 3 is 2.53 bits per heavy atom. The van der Waals surface area contributed by atoms with Gasteiger partial charge in [0, 0.05) is 37.9 Å².